The number of nitrogens with zero attached hydrogens (tertiary/aromatic N) is 1. The summed E-state index contributed by atoms with van der Waals surface area (Å²) in [6.45, 7) is 0. The SMILES string of the molecule is CN(C)/C=c1/cc/c(=C\F)o1. The van der Waals surface area contributed by atoms with Gasteiger partial charge in [0.05, 0.1) is 0 Å². The molecule has 0 fully saturated rings. The first-order chi connectivity index (χ1) is 5.22. The Kier molecular flexibility index (Phi) is 2.31. The molecular formula is C8H10FNO. The largest absolute Gasteiger partial charge is 0.453 e. The van der Waals surface area contributed by atoms with Gasteiger partial charge in [-0.25, -0.2) is 4.39 Å². The van der Waals surface area contributed by atoms with Crippen molar-refractivity contribution >= 4 is 12.5 Å². The number of furan rings is 1. The quantitative estimate of drug-likeness (QED) is 0.579. The molecule has 0 aliphatic carbocycles. The number of rotatable bonds is 1. The number of hydrogen-bond acceptors (Lipinski definition) is 2. The van der Waals surface area contributed by atoms with Crippen LogP contribution in [0, 0.1) is 0 Å². The average molecular weight is 155 g/mol. The number of hydrogen-bond donors (Lipinski definition) is 0. The summed E-state index contributed by atoms with van der Waals surface area (Å²) in [6, 6.07) is 3.29. The van der Waals surface area contributed by atoms with E-state index in [2.05, 4.69) is 0 Å². The van der Waals surface area contributed by atoms with Crippen LogP contribution in [-0.2, 0) is 0 Å². The van der Waals surface area contributed by atoms with E-state index in [1.165, 1.54) is 0 Å². The third kappa shape index (κ3) is 2.11. The minimum absolute atomic E-state index is 0.248. The van der Waals surface area contributed by atoms with E-state index < -0.39 is 0 Å². The highest BCUT2D eigenvalue weighted by molar-refractivity contribution is 5.16. The van der Waals surface area contributed by atoms with E-state index in [1.807, 2.05) is 19.0 Å². The molecular weight excluding hydrogens is 145 g/mol. The smallest absolute Gasteiger partial charge is 0.155 e. The third-order valence-electron chi connectivity index (χ3n) is 1.14. The molecule has 0 aliphatic rings. The van der Waals surface area contributed by atoms with Crippen molar-refractivity contribution < 1.29 is 8.81 Å². The molecule has 1 rings (SSSR count). The Labute approximate surface area is 64.2 Å². The predicted molar refractivity (Wildman–Crippen MR) is 41.7 cm³/mol. The lowest BCUT2D eigenvalue weighted by molar-refractivity contribution is 0.480. The lowest BCUT2D eigenvalue weighted by Crippen LogP contribution is -2.08. The summed E-state index contributed by atoms with van der Waals surface area (Å²) >= 11 is 0. The Morgan fingerprint density at radius 3 is 2.45 bits per heavy atom. The van der Waals surface area contributed by atoms with E-state index in [1.54, 1.807) is 18.3 Å². The van der Waals surface area contributed by atoms with Gasteiger partial charge in [0.1, 0.15) is 11.7 Å². The van der Waals surface area contributed by atoms with Crippen LogP contribution in [0.5, 0.6) is 0 Å². The number of halogens is 1. The zero-order chi connectivity index (χ0) is 8.27. The highest BCUT2D eigenvalue weighted by Crippen LogP contribution is 1.75. The van der Waals surface area contributed by atoms with Gasteiger partial charge in [0.2, 0.25) is 0 Å². The second kappa shape index (κ2) is 3.23. The maximum absolute atomic E-state index is 11.8. The van der Waals surface area contributed by atoms with Gasteiger partial charge < -0.3 is 9.32 Å². The van der Waals surface area contributed by atoms with Crippen molar-refractivity contribution in [2.24, 2.45) is 0 Å². The Morgan fingerprint density at radius 2 is 2.00 bits per heavy atom. The van der Waals surface area contributed by atoms with Crippen LogP contribution in [0.15, 0.2) is 16.5 Å². The molecule has 0 spiro atoms. The fourth-order valence-corrected chi connectivity index (χ4v) is 0.751. The second-order valence-electron chi connectivity index (χ2n) is 2.44. The minimum atomic E-state index is 0.248. The molecule has 0 N–H and O–H groups in total. The summed E-state index contributed by atoms with van der Waals surface area (Å²) in [6.07, 6.45) is 2.21. The molecule has 2 nitrogen and oxygen atoms in total. The Hall–Kier alpha value is -1.25. The van der Waals surface area contributed by atoms with Crippen LogP contribution < -0.4 is 10.8 Å². The molecule has 1 aromatic rings. The molecule has 1 heterocycles. The summed E-state index contributed by atoms with van der Waals surface area (Å²) in [5.74, 6) is 0. The Balaban J connectivity index is 3.08. The molecule has 1 aromatic heterocycles. The van der Waals surface area contributed by atoms with Gasteiger partial charge in [-0.1, -0.05) is 0 Å². The first kappa shape index (κ1) is 7.85. The molecule has 0 aromatic carbocycles. The molecule has 3 heteroatoms. The van der Waals surface area contributed by atoms with Crippen LogP contribution in [-0.4, -0.2) is 19.0 Å². The van der Waals surface area contributed by atoms with Gasteiger partial charge in [0.15, 0.2) is 5.42 Å². The zero-order valence-corrected chi connectivity index (χ0v) is 6.54. The van der Waals surface area contributed by atoms with Crippen molar-refractivity contribution in [2.45, 2.75) is 0 Å². The van der Waals surface area contributed by atoms with E-state index >= 15 is 0 Å². The summed E-state index contributed by atoms with van der Waals surface area (Å²) < 4.78 is 16.8. The average Bonchev–Trinajstić information content (AvgIpc) is 2.34. The van der Waals surface area contributed by atoms with Crippen LogP contribution >= 0.6 is 0 Å². The molecule has 0 atom stereocenters. The summed E-state index contributed by atoms with van der Waals surface area (Å²) in [7, 11) is 3.75. The second-order valence-corrected chi connectivity index (χ2v) is 2.44. The van der Waals surface area contributed by atoms with E-state index in [4.69, 9.17) is 4.42 Å². The standard InChI is InChI=1S/C8H10FNO/c1-10(2)6-8-4-3-7(5-9)11-8/h3-6H,1-2H3/b7-5+,8-6-. The van der Waals surface area contributed by atoms with E-state index in [0.717, 1.165) is 0 Å². The highest BCUT2D eigenvalue weighted by Gasteiger charge is 1.85. The molecule has 0 radical (unpaired) electrons. The fourth-order valence-electron chi connectivity index (χ4n) is 0.751. The summed E-state index contributed by atoms with van der Waals surface area (Å²) in [5.41, 5.74) is 0.900. The van der Waals surface area contributed by atoms with Crippen molar-refractivity contribution in [1.29, 1.82) is 0 Å². The Bertz CT molecular complexity index is 326. The van der Waals surface area contributed by atoms with Gasteiger partial charge in [-0.2, -0.15) is 0 Å². The summed E-state index contributed by atoms with van der Waals surface area (Å²) in [5, 5.41) is 0. The predicted octanol–water partition coefficient (Wildman–Crippen LogP) is 0.287. The van der Waals surface area contributed by atoms with Gasteiger partial charge in [-0.05, 0) is 12.1 Å². The maximum Gasteiger partial charge on any atom is 0.155 e. The fraction of sp³-hybridized carbons (Fsp3) is 0.250. The van der Waals surface area contributed by atoms with Gasteiger partial charge in [0.25, 0.3) is 0 Å². The van der Waals surface area contributed by atoms with E-state index in [-0.39, 0.29) is 5.42 Å². The van der Waals surface area contributed by atoms with Crippen molar-refractivity contribution in [3.8, 4) is 0 Å². The molecule has 0 saturated heterocycles. The zero-order valence-electron chi connectivity index (χ0n) is 6.54. The minimum Gasteiger partial charge on any atom is -0.453 e. The molecule has 0 saturated carbocycles. The first-order valence-corrected chi connectivity index (χ1v) is 3.27. The normalized spacial score (nSPS) is 14.1. The van der Waals surface area contributed by atoms with Crippen molar-refractivity contribution in [3.63, 3.8) is 0 Å². The summed E-state index contributed by atoms with van der Waals surface area (Å²) in [4.78, 5) is 1.83. The lowest BCUT2D eigenvalue weighted by Gasteiger charge is -1.99. The molecule has 0 amide bonds. The lowest BCUT2D eigenvalue weighted by atomic mass is 10.5. The van der Waals surface area contributed by atoms with Crippen molar-refractivity contribution in [2.75, 3.05) is 14.1 Å². The van der Waals surface area contributed by atoms with Crippen molar-refractivity contribution in [1.82, 2.24) is 4.90 Å². The van der Waals surface area contributed by atoms with Crippen LogP contribution in [0.4, 0.5) is 4.39 Å². The van der Waals surface area contributed by atoms with Gasteiger partial charge in [0, 0.05) is 20.3 Å². The third-order valence-corrected chi connectivity index (χ3v) is 1.14. The Morgan fingerprint density at radius 1 is 1.36 bits per heavy atom. The first-order valence-electron chi connectivity index (χ1n) is 3.27. The van der Waals surface area contributed by atoms with Gasteiger partial charge in [-0.15, -0.1) is 0 Å². The molecule has 0 aliphatic heterocycles. The molecule has 0 unspecified atom stereocenters. The molecule has 11 heavy (non-hydrogen) atoms. The molecule has 60 valence electrons. The van der Waals surface area contributed by atoms with E-state index in [0.29, 0.717) is 11.7 Å². The van der Waals surface area contributed by atoms with Crippen LogP contribution in [0.3, 0.4) is 0 Å². The van der Waals surface area contributed by atoms with Crippen LogP contribution in [0.25, 0.3) is 12.5 Å². The topological polar surface area (TPSA) is 16.4 Å². The highest BCUT2D eigenvalue weighted by atomic mass is 19.1. The van der Waals surface area contributed by atoms with Gasteiger partial charge in [-0.3, -0.25) is 0 Å². The monoisotopic (exact) mass is 155 g/mol. The molecule has 0 bridgehead atoms. The van der Waals surface area contributed by atoms with Crippen molar-refractivity contribution in [3.05, 3.63) is 23.0 Å². The van der Waals surface area contributed by atoms with Gasteiger partial charge >= 0.3 is 0 Å². The van der Waals surface area contributed by atoms with Crippen LogP contribution in [0.2, 0.25) is 0 Å². The van der Waals surface area contributed by atoms with E-state index in [9.17, 15) is 4.39 Å². The maximum atomic E-state index is 11.8. The van der Waals surface area contributed by atoms with Crippen LogP contribution in [0.1, 0.15) is 0 Å².